The van der Waals surface area contributed by atoms with Crippen molar-refractivity contribution in [1.82, 2.24) is 9.13 Å². The van der Waals surface area contributed by atoms with Crippen molar-refractivity contribution in [3.05, 3.63) is 194 Å². The predicted molar refractivity (Wildman–Crippen MR) is 211 cm³/mol. The first-order valence-electron chi connectivity index (χ1n) is 17.2. The van der Waals surface area contributed by atoms with Gasteiger partial charge in [-0.25, -0.2) is 0 Å². The molecule has 10 rings (SSSR count). The van der Waals surface area contributed by atoms with Crippen LogP contribution in [0, 0.1) is 0 Å². The van der Waals surface area contributed by atoms with Crippen LogP contribution >= 0.6 is 0 Å². The molecule has 0 fully saturated rings. The number of aromatic nitrogens is 2. The highest BCUT2D eigenvalue weighted by atomic mass is 15.0. The predicted octanol–water partition coefficient (Wildman–Crippen LogP) is 12.9. The number of benzene rings is 8. The van der Waals surface area contributed by atoms with Crippen molar-refractivity contribution in [1.29, 1.82) is 0 Å². The first-order valence-corrected chi connectivity index (χ1v) is 17.2. The van der Waals surface area contributed by atoms with Gasteiger partial charge in [0.15, 0.2) is 0 Å². The van der Waals surface area contributed by atoms with Gasteiger partial charge in [-0.1, -0.05) is 140 Å². The van der Waals surface area contributed by atoms with E-state index in [-0.39, 0.29) is 0 Å². The first kappa shape index (κ1) is 28.4. The van der Waals surface area contributed by atoms with Gasteiger partial charge in [0.05, 0.1) is 22.1 Å². The summed E-state index contributed by atoms with van der Waals surface area (Å²) in [6.07, 6.45) is 0. The summed E-state index contributed by atoms with van der Waals surface area (Å²) in [6, 6.07) is 70.4. The van der Waals surface area contributed by atoms with Crippen LogP contribution in [-0.2, 0) is 0 Å². The molecule has 0 amide bonds. The molecule has 2 heteroatoms. The van der Waals surface area contributed by atoms with Crippen LogP contribution in [0.25, 0.3) is 88.4 Å². The molecular weight excluding hydrogens is 605 g/mol. The topological polar surface area (TPSA) is 9.86 Å². The van der Waals surface area contributed by atoms with Gasteiger partial charge in [-0.3, -0.25) is 0 Å². The Hall–Kier alpha value is -6.64. The van der Waals surface area contributed by atoms with E-state index in [2.05, 4.69) is 203 Å². The molecule has 0 saturated heterocycles. The van der Waals surface area contributed by atoms with Crippen molar-refractivity contribution in [3.8, 4) is 44.8 Å². The lowest BCUT2D eigenvalue weighted by molar-refractivity contribution is 1.18. The van der Waals surface area contributed by atoms with Crippen LogP contribution < -0.4 is 0 Å². The highest BCUT2D eigenvalue weighted by Gasteiger charge is 2.19. The number of hydrogen-bond donors (Lipinski definition) is 0. The summed E-state index contributed by atoms with van der Waals surface area (Å²) in [7, 11) is 0. The van der Waals surface area contributed by atoms with Crippen molar-refractivity contribution in [2.75, 3.05) is 0 Å². The molecule has 10 aromatic rings. The molecule has 0 aliphatic heterocycles. The average molecular weight is 637 g/mol. The third kappa shape index (κ3) is 4.50. The normalized spacial score (nSPS) is 11.6. The molecule has 0 radical (unpaired) electrons. The molecule has 50 heavy (non-hydrogen) atoms. The Morgan fingerprint density at radius 3 is 1.48 bits per heavy atom. The minimum Gasteiger partial charge on any atom is -0.309 e. The van der Waals surface area contributed by atoms with Crippen LogP contribution in [0.5, 0.6) is 0 Å². The summed E-state index contributed by atoms with van der Waals surface area (Å²) in [4.78, 5) is 0. The average Bonchev–Trinajstić information content (AvgIpc) is 3.71. The second kappa shape index (κ2) is 11.5. The van der Waals surface area contributed by atoms with Gasteiger partial charge in [-0.2, -0.15) is 0 Å². The summed E-state index contributed by atoms with van der Waals surface area (Å²) in [5, 5.41) is 5.02. The third-order valence-electron chi connectivity index (χ3n) is 10.1. The second-order valence-electron chi connectivity index (χ2n) is 13.0. The minimum absolute atomic E-state index is 1.16. The van der Waals surface area contributed by atoms with Gasteiger partial charge < -0.3 is 9.13 Å². The largest absolute Gasteiger partial charge is 0.309 e. The Balaban J connectivity index is 1.22. The van der Waals surface area contributed by atoms with Crippen LogP contribution in [-0.4, -0.2) is 9.13 Å². The van der Waals surface area contributed by atoms with Gasteiger partial charge in [-0.05, 0) is 88.0 Å². The zero-order valence-corrected chi connectivity index (χ0v) is 27.4. The molecule has 2 aromatic heterocycles. The van der Waals surface area contributed by atoms with E-state index >= 15 is 0 Å². The summed E-state index contributed by atoms with van der Waals surface area (Å²) in [5.74, 6) is 0. The number of rotatable bonds is 5. The van der Waals surface area contributed by atoms with E-state index in [0.717, 1.165) is 11.4 Å². The van der Waals surface area contributed by atoms with E-state index in [1.165, 1.54) is 77.0 Å². The van der Waals surface area contributed by atoms with Gasteiger partial charge in [0.2, 0.25) is 0 Å². The van der Waals surface area contributed by atoms with E-state index in [4.69, 9.17) is 0 Å². The van der Waals surface area contributed by atoms with Gasteiger partial charge in [-0.15, -0.1) is 0 Å². The van der Waals surface area contributed by atoms with Crippen LogP contribution in [0.3, 0.4) is 0 Å². The second-order valence-corrected chi connectivity index (χ2v) is 13.0. The highest BCUT2D eigenvalue weighted by Crippen LogP contribution is 2.42. The molecule has 0 saturated carbocycles. The lowest BCUT2D eigenvalue weighted by atomic mass is 9.96. The molecule has 0 bridgehead atoms. The quantitative estimate of drug-likeness (QED) is 0.178. The number of nitrogens with zero attached hydrogens (tertiary/aromatic N) is 2. The van der Waals surface area contributed by atoms with Crippen molar-refractivity contribution in [2.45, 2.75) is 0 Å². The Bertz CT molecular complexity index is 2820. The monoisotopic (exact) mass is 636 g/mol. The Morgan fingerprint density at radius 2 is 0.760 bits per heavy atom. The molecule has 0 spiro atoms. The van der Waals surface area contributed by atoms with E-state index in [9.17, 15) is 0 Å². The first-order chi connectivity index (χ1) is 24.8. The van der Waals surface area contributed by atoms with Crippen molar-refractivity contribution in [3.63, 3.8) is 0 Å². The minimum atomic E-state index is 1.16. The molecule has 8 aromatic carbocycles. The summed E-state index contributed by atoms with van der Waals surface area (Å²) in [6.45, 7) is 0. The fraction of sp³-hybridized carbons (Fsp3) is 0. The van der Waals surface area contributed by atoms with E-state index in [0.29, 0.717) is 0 Å². The Labute approximate surface area is 290 Å². The molecule has 0 aliphatic carbocycles. The van der Waals surface area contributed by atoms with Gasteiger partial charge in [0, 0.05) is 32.9 Å². The van der Waals surface area contributed by atoms with Crippen molar-refractivity contribution < 1.29 is 0 Å². The molecule has 0 aliphatic rings. The SMILES string of the molecule is c1ccc(-c2ccc(-c3ccc4c(c3)c3c(-c5ccc6c7ccccc7n(-c7ccccc7)c6c5)cccc3n4-c3ccccc3)cc2)cc1. The highest BCUT2D eigenvalue weighted by molar-refractivity contribution is 6.18. The summed E-state index contributed by atoms with van der Waals surface area (Å²) >= 11 is 0. The Kier molecular flexibility index (Phi) is 6.53. The fourth-order valence-corrected chi connectivity index (χ4v) is 7.82. The van der Waals surface area contributed by atoms with Crippen LogP contribution in [0.2, 0.25) is 0 Å². The van der Waals surface area contributed by atoms with E-state index < -0.39 is 0 Å². The fourth-order valence-electron chi connectivity index (χ4n) is 7.82. The third-order valence-corrected chi connectivity index (χ3v) is 10.1. The molecular formula is C48H32N2. The molecule has 234 valence electrons. The van der Waals surface area contributed by atoms with Crippen LogP contribution in [0.15, 0.2) is 194 Å². The van der Waals surface area contributed by atoms with Gasteiger partial charge in [0.1, 0.15) is 0 Å². The lowest BCUT2D eigenvalue weighted by Crippen LogP contribution is -1.94. The molecule has 2 nitrogen and oxygen atoms in total. The van der Waals surface area contributed by atoms with E-state index in [1.54, 1.807) is 0 Å². The molecule has 0 atom stereocenters. The van der Waals surface area contributed by atoms with E-state index in [1.807, 2.05) is 0 Å². The summed E-state index contributed by atoms with van der Waals surface area (Å²) < 4.78 is 4.81. The number of hydrogen-bond acceptors (Lipinski definition) is 0. The smallest absolute Gasteiger partial charge is 0.0547 e. The maximum atomic E-state index is 2.41. The molecule has 2 heterocycles. The maximum Gasteiger partial charge on any atom is 0.0547 e. The zero-order chi connectivity index (χ0) is 33.0. The standard InChI is InChI=1S/C48H32N2/c1-4-13-33(14-5-1)34-23-25-35(26-24-34)36-28-30-45-43(31-36)48-40(20-12-22-46(48)49(45)38-15-6-2-7-16-38)37-27-29-42-41-19-10-11-21-44(41)50(47(42)32-37)39-17-8-3-9-18-39/h1-32H. The summed E-state index contributed by atoms with van der Waals surface area (Å²) in [5.41, 5.74) is 14.4. The maximum absolute atomic E-state index is 2.41. The zero-order valence-electron chi connectivity index (χ0n) is 27.4. The van der Waals surface area contributed by atoms with Gasteiger partial charge >= 0.3 is 0 Å². The number of para-hydroxylation sites is 3. The lowest BCUT2D eigenvalue weighted by Gasteiger charge is -2.10. The van der Waals surface area contributed by atoms with Crippen LogP contribution in [0.4, 0.5) is 0 Å². The van der Waals surface area contributed by atoms with Crippen molar-refractivity contribution in [2.24, 2.45) is 0 Å². The molecule has 0 unspecified atom stereocenters. The Morgan fingerprint density at radius 1 is 0.260 bits per heavy atom. The van der Waals surface area contributed by atoms with Crippen molar-refractivity contribution >= 4 is 43.6 Å². The van der Waals surface area contributed by atoms with Gasteiger partial charge in [0.25, 0.3) is 0 Å². The number of fused-ring (bicyclic) bond motifs is 6. The molecule has 0 N–H and O–H groups in total. The van der Waals surface area contributed by atoms with Crippen LogP contribution in [0.1, 0.15) is 0 Å².